The van der Waals surface area contributed by atoms with Crippen LogP contribution in [0.15, 0.2) is 0 Å². The first kappa shape index (κ1) is 13.4. The first-order valence-corrected chi connectivity index (χ1v) is 6.76. The van der Waals surface area contributed by atoms with Crippen LogP contribution in [0.4, 0.5) is 0 Å². The van der Waals surface area contributed by atoms with Gasteiger partial charge in [0.25, 0.3) is 0 Å². The van der Waals surface area contributed by atoms with Crippen molar-refractivity contribution in [2.45, 2.75) is 44.9 Å². The summed E-state index contributed by atoms with van der Waals surface area (Å²) in [5.74, 6) is -0.244. The molecule has 0 bridgehead atoms. The number of carbonyl (C=O) groups is 1. The van der Waals surface area contributed by atoms with E-state index in [9.17, 15) is 13.2 Å². The van der Waals surface area contributed by atoms with Gasteiger partial charge in [0.05, 0.1) is 4.75 Å². The van der Waals surface area contributed by atoms with Crippen molar-refractivity contribution in [3.63, 3.8) is 0 Å². The van der Waals surface area contributed by atoms with Crippen LogP contribution in [0.5, 0.6) is 0 Å². The van der Waals surface area contributed by atoms with Crippen molar-refractivity contribution < 1.29 is 13.2 Å². The van der Waals surface area contributed by atoms with Gasteiger partial charge in [0.15, 0.2) is 0 Å². The molecule has 16 heavy (non-hydrogen) atoms. The molecule has 6 heteroatoms. The predicted octanol–water partition coefficient (Wildman–Crippen LogP) is 0.325. The molecule has 0 unspecified atom stereocenters. The number of nitrogens with one attached hydrogen (secondary N) is 1. The standard InChI is InChI=1S/C10H20N2O3S/c1-9(2,3)16(14,15)12-7-6-11-8(13)10(12,4)5/h6-7H2,1-5H3,(H,11,13). The van der Waals surface area contributed by atoms with Crippen molar-refractivity contribution in [1.82, 2.24) is 9.62 Å². The lowest BCUT2D eigenvalue weighted by atomic mass is 10.0. The van der Waals surface area contributed by atoms with Crippen LogP contribution in [0.2, 0.25) is 0 Å². The van der Waals surface area contributed by atoms with E-state index in [0.717, 1.165) is 0 Å². The molecule has 1 aliphatic rings. The molecule has 1 heterocycles. The number of hydrogen-bond acceptors (Lipinski definition) is 3. The van der Waals surface area contributed by atoms with Gasteiger partial charge < -0.3 is 5.32 Å². The van der Waals surface area contributed by atoms with E-state index in [-0.39, 0.29) is 5.91 Å². The third kappa shape index (κ3) is 1.96. The number of sulfonamides is 1. The van der Waals surface area contributed by atoms with Gasteiger partial charge in [-0.1, -0.05) is 0 Å². The summed E-state index contributed by atoms with van der Waals surface area (Å²) < 4.78 is 25.0. The Bertz CT molecular complexity index is 393. The van der Waals surface area contributed by atoms with Crippen molar-refractivity contribution in [2.24, 2.45) is 0 Å². The SMILES string of the molecule is CC1(C)C(=O)NCCN1S(=O)(=O)C(C)(C)C. The quantitative estimate of drug-likeness (QED) is 0.727. The number of carbonyl (C=O) groups excluding carboxylic acids is 1. The lowest BCUT2D eigenvalue weighted by Crippen LogP contribution is -2.65. The Kier molecular flexibility index (Phi) is 3.11. The maximum absolute atomic E-state index is 12.3. The molecule has 0 aliphatic carbocycles. The van der Waals surface area contributed by atoms with Crippen LogP contribution in [0.3, 0.4) is 0 Å². The fraction of sp³-hybridized carbons (Fsp3) is 0.900. The maximum atomic E-state index is 12.3. The van der Waals surface area contributed by atoms with Gasteiger partial charge in [0.2, 0.25) is 15.9 Å². The topological polar surface area (TPSA) is 66.5 Å². The fourth-order valence-electron chi connectivity index (χ4n) is 1.63. The minimum Gasteiger partial charge on any atom is -0.353 e. The second-order valence-electron chi connectivity index (χ2n) is 5.50. The van der Waals surface area contributed by atoms with Gasteiger partial charge in [-0.2, -0.15) is 4.31 Å². The van der Waals surface area contributed by atoms with Crippen LogP contribution in [-0.2, 0) is 14.8 Å². The summed E-state index contributed by atoms with van der Waals surface area (Å²) in [6, 6.07) is 0. The summed E-state index contributed by atoms with van der Waals surface area (Å²) in [4.78, 5) is 11.7. The van der Waals surface area contributed by atoms with Crippen molar-refractivity contribution >= 4 is 15.9 Å². The summed E-state index contributed by atoms with van der Waals surface area (Å²) in [6.45, 7) is 8.90. The molecule has 1 rings (SSSR count). The summed E-state index contributed by atoms with van der Waals surface area (Å²) in [5, 5.41) is 2.68. The van der Waals surface area contributed by atoms with Crippen LogP contribution in [0.25, 0.3) is 0 Å². The number of rotatable bonds is 1. The minimum atomic E-state index is -3.47. The van der Waals surface area contributed by atoms with Gasteiger partial charge >= 0.3 is 0 Å². The lowest BCUT2D eigenvalue weighted by molar-refractivity contribution is -0.131. The third-order valence-electron chi connectivity index (χ3n) is 2.84. The molecule has 1 amide bonds. The van der Waals surface area contributed by atoms with E-state index in [0.29, 0.717) is 13.1 Å². The van der Waals surface area contributed by atoms with Crippen LogP contribution >= 0.6 is 0 Å². The third-order valence-corrected chi connectivity index (χ3v) is 5.61. The van der Waals surface area contributed by atoms with E-state index in [2.05, 4.69) is 5.32 Å². The van der Waals surface area contributed by atoms with Crippen LogP contribution in [-0.4, -0.2) is 42.0 Å². The average Bonchev–Trinajstić information content (AvgIpc) is 2.07. The van der Waals surface area contributed by atoms with Gasteiger partial charge in [-0.3, -0.25) is 4.79 Å². The molecule has 1 fully saturated rings. The van der Waals surface area contributed by atoms with Gasteiger partial charge in [0, 0.05) is 13.1 Å². The zero-order chi connectivity index (χ0) is 12.8. The Morgan fingerprint density at radius 3 is 2.25 bits per heavy atom. The Labute approximate surface area is 97.2 Å². The maximum Gasteiger partial charge on any atom is 0.241 e. The highest BCUT2D eigenvalue weighted by Crippen LogP contribution is 2.28. The van der Waals surface area contributed by atoms with E-state index in [4.69, 9.17) is 0 Å². The highest BCUT2D eigenvalue weighted by atomic mass is 32.2. The Morgan fingerprint density at radius 2 is 1.81 bits per heavy atom. The highest BCUT2D eigenvalue weighted by Gasteiger charge is 2.48. The first-order valence-electron chi connectivity index (χ1n) is 5.32. The average molecular weight is 248 g/mol. The van der Waals surface area contributed by atoms with Gasteiger partial charge in [-0.15, -0.1) is 0 Å². The zero-order valence-electron chi connectivity index (χ0n) is 10.5. The van der Waals surface area contributed by atoms with Gasteiger partial charge in [0.1, 0.15) is 5.54 Å². The molecular formula is C10H20N2O3S. The Hall–Kier alpha value is -0.620. The van der Waals surface area contributed by atoms with E-state index in [1.165, 1.54) is 4.31 Å². The highest BCUT2D eigenvalue weighted by molar-refractivity contribution is 7.90. The van der Waals surface area contributed by atoms with E-state index < -0.39 is 20.3 Å². The van der Waals surface area contributed by atoms with E-state index in [1.54, 1.807) is 34.6 Å². The van der Waals surface area contributed by atoms with Crippen molar-refractivity contribution in [1.29, 1.82) is 0 Å². The Morgan fingerprint density at radius 1 is 1.31 bits per heavy atom. The monoisotopic (exact) mass is 248 g/mol. The molecule has 0 aromatic heterocycles. The molecule has 1 saturated heterocycles. The molecule has 5 nitrogen and oxygen atoms in total. The smallest absolute Gasteiger partial charge is 0.241 e. The molecule has 0 spiro atoms. The van der Waals surface area contributed by atoms with Crippen LogP contribution < -0.4 is 5.32 Å². The number of nitrogens with zero attached hydrogens (tertiary/aromatic N) is 1. The van der Waals surface area contributed by atoms with Crippen molar-refractivity contribution in [3.8, 4) is 0 Å². The molecular weight excluding hydrogens is 228 g/mol. The van der Waals surface area contributed by atoms with Gasteiger partial charge in [-0.25, -0.2) is 8.42 Å². The molecule has 1 aliphatic heterocycles. The molecule has 1 N–H and O–H groups in total. The molecule has 0 aromatic carbocycles. The fourth-order valence-corrected chi connectivity index (χ4v) is 3.31. The number of piperazine rings is 1. The summed E-state index contributed by atoms with van der Waals surface area (Å²) in [6.07, 6.45) is 0. The molecule has 0 saturated carbocycles. The molecule has 0 atom stereocenters. The summed E-state index contributed by atoms with van der Waals surface area (Å²) >= 11 is 0. The van der Waals surface area contributed by atoms with Crippen molar-refractivity contribution in [3.05, 3.63) is 0 Å². The molecule has 94 valence electrons. The second kappa shape index (κ2) is 3.70. The van der Waals surface area contributed by atoms with Crippen molar-refractivity contribution in [2.75, 3.05) is 13.1 Å². The van der Waals surface area contributed by atoms with Crippen LogP contribution in [0, 0.1) is 0 Å². The van der Waals surface area contributed by atoms with E-state index >= 15 is 0 Å². The number of amides is 1. The molecule has 0 aromatic rings. The second-order valence-corrected chi connectivity index (χ2v) is 8.12. The molecule has 0 radical (unpaired) electrons. The van der Waals surface area contributed by atoms with Crippen LogP contribution in [0.1, 0.15) is 34.6 Å². The lowest BCUT2D eigenvalue weighted by Gasteiger charge is -2.42. The van der Waals surface area contributed by atoms with E-state index in [1.807, 2.05) is 0 Å². The predicted molar refractivity (Wildman–Crippen MR) is 62.5 cm³/mol. The Balaban J connectivity index is 3.19. The van der Waals surface area contributed by atoms with Gasteiger partial charge in [-0.05, 0) is 34.6 Å². The normalized spacial score (nSPS) is 22.9. The number of hydrogen-bond donors (Lipinski definition) is 1. The minimum absolute atomic E-state index is 0.244. The first-order chi connectivity index (χ1) is 7.01. The largest absolute Gasteiger partial charge is 0.353 e. The summed E-state index contributed by atoms with van der Waals surface area (Å²) in [5.41, 5.74) is -1.01. The summed E-state index contributed by atoms with van der Waals surface area (Å²) in [7, 11) is -3.47. The zero-order valence-corrected chi connectivity index (χ0v) is 11.3.